The van der Waals surface area contributed by atoms with Gasteiger partial charge >= 0.3 is 0 Å². The van der Waals surface area contributed by atoms with Gasteiger partial charge in [0.1, 0.15) is 0 Å². The van der Waals surface area contributed by atoms with E-state index in [0.717, 1.165) is 37.3 Å². The number of benzene rings is 1. The summed E-state index contributed by atoms with van der Waals surface area (Å²) in [5.41, 5.74) is 3.42. The van der Waals surface area contributed by atoms with Gasteiger partial charge in [-0.3, -0.25) is 4.79 Å². The molecule has 3 rings (SSSR count). The highest BCUT2D eigenvalue weighted by Crippen LogP contribution is 2.28. The maximum atomic E-state index is 12.3. The summed E-state index contributed by atoms with van der Waals surface area (Å²) in [6.07, 6.45) is 11.5. The molecular formula is C19H26N2O. The first-order valence-electron chi connectivity index (χ1n) is 8.67. The molecule has 0 unspecified atom stereocenters. The number of nitrogens with one attached hydrogen (secondary N) is 1. The van der Waals surface area contributed by atoms with Crippen LogP contribution in [0, 0.1) is 0 Å². The zero-order valence-electron chi connectivity index (χ0n) is 13.3. The molecule has 2 aliphatic rings. The van der Waals surface area contributed by atoms with E-state index in [9.17, 15) is 4.79 Å². The van der Waals surface area contributed by atoms with E-state index in [4.69, 9.17) is 0 Å². The monoisotopic (exact) mass is 298 g/mol. The average Bonchev–Trinajstić information content (AvgIpc) is 2.57. The van der Waals surface area contributed by atoms with Crippen molar-refractivity contribution in [1.29, 1.82) is 0 Å². The molecule has 0 atom stereocenters. The highest BCUT2D eigenvalue weighted by Gasteiger charge is 2.15. The first-order chi connectivity index (χ1) is 10.8. The summed E-state index contributed by atoms with van der Waals surface area (Å²) in [5, 5.41) is 3.10. The van der Waals surface area contributed by atoms with Crippen LogP contribution in [0.4, 0.5) is 11.4 Å². The molecule has 22 heavy (non-hydrogen) atoms. The summed E-state index contributed by atoms with van der Waals surface area (Å²) in [5.74, 6) is 0.0290. The van der Waals surface area contributed by atoms with Gasteiger partial charge in [0.15, 0.2) is 0 Å². The van der Waals surface area contributed by atoms with Gasteiger partial charge in [0.25, 0.3) is 0 Å². The molecule has 0 bridgehead atoms. The molecule has 1 amide bonds. The Morgan fingerprint density at radius 3 is 2.41 bits per heavy atom. The predicted octanol–water partition coefficient (Wildman–Crippen LogP) is 4.51. The Hall–Kier alpha value is -1.77. The summed E-state index contributed by atoms with van der Waals surface area (Å²) in [6, 6.07) is 8.19. The molecule has 1 saturated heterocycles. The third-order valence-electron chi connectivity index (χ3n) is 4.69. The number of carbonyl (C=O) groups is 1. The summed E-state index contributed by atoms with van der Waals surface area (Å²) in [7, 11) is 0. The van der Waals surface area contributed by atoms with Gasteiger partial charge in [0.05, 0.1) is 11.4 Å². The fraction of sp³-hybridized carbons (Fsp3) is 0.526. The molecule has 3 nitrogen and oxygen atoms in total. The number of carbonyl (C=O) groups excluding carboxylic acids is 1. The molecule has 1 saturated carbocycles. The van der Waals surface area contributed by atoms with Gasteiger partial charge in [0, 0.05) is 19.2 Å². The molecule has 1 aliphatic heterocycles. The quantitative estimate of drug-likeness (QED) is 0.833. The topological polar surface area (TPSA) is 32.3 Å². The summed E-state index contributed by atoms with van der Waals surface area (Å²) in [6.45, 7) is 2.18. The molecule has 3 heteroatoms. The van der Waals surface area contributed by atoms with Crippen LogP contribution in [0.15, 0.2) is 35.9 Å². The van der Waals surface area contributed by atoms with Crippen molar-refractivity contribution in [1.82, 2.24) is 0 Å². The Morgan fingerprint density at radius 1 is 0.955 bits per heavy atom. The van der Waals surface area contributed by atoms with Crippen LogP contribution in [0.3, 0.4) is 0 Å². The van der Waals surface area contributed by atoms with E-state index in [1.807, 2.05) is 18.2 Å². The molecule has 1 N–H and O–H groups in total. The highest BCUT2D eigenvalue weighted by molar-refractivity contribution is 6.02. The number of nitrogens with zero attached hydrogens (tertiary/aromatic N) is 1. The molecule has 1 heterocycles. The molecule has 0 radical (unpaired) electrons. The van der Waals surface area contributed by atoms with Crippen LogP contribution in [-0.4, -0.2) is 19.0 Å². The lowest BCUT2D eigenvalue weighted by molar-refractivity contribution is -0.112. The number of hydrogen-bond donors (Lipinski definition) is 1. The summed E-state index contributed by atoms with van der Waals surface area (Å²) >= 11 is 0. The minimum absolute atomic E-state index is 0.0290. The summed E-state index contributed by atoms with van der Waals surface area (Å²) < 4.78 is 0. The zero-order valence-corrected chi connectivity index (χ0v) is 13.3. The van der Waals surface area contributed by atoms with Crippen molar-refractivity contribution < 1.29 is 4.79 Å². The number of para-hydroxylation sites is 2. The van der Waals surface area contributed by atoms with Gasteiger partial charge in [0.2, 0.25) is 5.91 Å². The number of allylic oxidation sites excluding steroid dienone is 1. The Morgan fingerprint density at radius 2 is 1.64 bits per heavy atom. The second-order valence-electron chi connectivity index (χ2n) is 6.42. The van der Waals surface area contributed by atoms with Crippen LogP contribution in [0.1, 0.15) is 51.4 Å². The Kier molecular flexibility index (Phi) is 5.15. The summed E-state index contributed by atoms with van der Waals surface area (Å²) in [4.78, 5) is 14.7. The van der Waals surface area contributed by atoms with Crippen molar-refractivity contribution in [2.24, 2.45) is 0 Å². The molecule has 2 fully saturated rings. The zero-order chi connectivity index (χ0) is 15.2. The fourth-order valence-corrected chi connectivity index (χ4v) is 3.49. The van der Waals surface area contributed by atoms with E-state index in [1.165, 1.54) is 44.1 Å². The van der Waals surface area contributed by atoms with Crippen LogP contribution < -0.4 is 10.2 Å². The van der Waals surface area contributed by atoms with E-state index in [0.29, 0.717) is 0 Å². The number of amides is 1. The SMILES string of the molecule is O=C(C=C1CCCCC1)Nc1ccccc1N1CCCCC1. The van der Waals surface area contributed by atoms with Crippen molar-refractivity contribution in [3.8, 4) is 0 Å². The van der Waals surface area contributed by atoms with Crippen LogP contribution in [-0.2, 0) is 4.79 Å². The van der Waals surface area contributed by atoms with Gasteiger partial charge in [-0.05, 0) is 57.1 Å². The molecule has 1 aromatic rings. The van der Waals surface area contributed by atoms with E-state index in [2.05, 4.69) is 22.3 Å². The van der Waals surface area contributed by atoms with Crippen molar-refractivity contribution in [3.05, 3.63) is 35.9 Å². The minimum atomic E-state index is 0.0290. The van der Waals surface area contributed by atoms with Crippen molar-refractivity contribution >= 4 is 17.3 Å². The number of piperidine rings is 1. The minimum Gasteiger partial charge on any atom is -0.370 e. The lowest BCUT2D eigenvalue weighted by Crippen LogP contribution is -2.30. The first kappa shape index (κ1) is 15.1. The molecule has 1 aromatic carbocycles. The van der Waals surface area contributed by atoms with Crippen LogP contribution in [0.2, 0.25) is 0 Å². The van der Waals surface area contributed by atoms with E-state index < -0.39 is 0 Å². The van der Waals surface area contributed by atoms with E-state index in [1.54, 1.807) is 0 Å². The molecule has 1 aliphatic carbocycles. The van der Waals surface area contributed by atoms with Crippen molar-refractivity contribution in [3.63, 3.8) is 0 Å². The van der Waals surface area contributed by atoms with Crippen molar-refractivity contribution in [2.45, 2.75) is 51.4 Å². The Bertz CT molecular complexity index is 536. The van der Waals surface area contributed by atoms with Gasteiger partial charge in [-0.1, -0.05) is 24.1 Å². The largest absolute Gasteiger partial charge is 0.370 e. The highest BCUT2D eigenvalue weighted by atomic mass is 16.1. The van der Waals surface area contributed by atoms with Crippen LogP contribution >= 0.6 is 0 Å². The van der Waals surface area contributed by atoms with E-state index in [-0.39, 0.29) is 5.91 Å². The third kappa shape index (κ3) is 3.90. The lowest BCUT2D eigenvalue weighted by atomic mass is 9.94. The molecule has 0 spiro atoms. The van der Waals surface area contributed by atoms with Gasteiger partial charge in [-0.25, -0.2) is 0 Å². The van der Waals surface area contributed by atoms with Crippen molar-refractivity contribution in [2.75, 3.05) is 23.3 Å². The second-order valence-corrected chi connectivity index (χ2v) is 6.42. The maximum absolute atomic E-state index is 12.3. The number of hydrogen-bond acceptors (Lipinski definition) is 2. The first-order valence-corrected chi connectivity index (χ1v) is 8.67. The normalized spacial score (nSPS) is 18.9. The van der Waals surface area contributed by atoms with Gasteiger partial charge in [-0.2, -0.15) is 0 Å². The van der Waals surface area contributed by atoms with Crippen LogP contribution in [0.5, 0.6) is 0 Å². The van der Waals surface area contributed by atoms with E-state index >= 15 is 0 Å². The smallest absolute Gasteiger partial charge is 0.248 e. The molecule has 118 valence electrons. The number of rotatable bonds is 3. The second kappa shape index (κ2) is 7.48. The lowest BCUT2D eigenvalue weighted by Gasteiger charge is -2.30. The Balaban J connectivity index is 1.70. The Labute approximate surface area is 133 Å². The predicted molar refractivity (Wildman–Crippen MR) is 92.3 cm³/mol. The average molecular weight is 298 g/mol. The van der Waals surface area contributed by atoms with Gasteiger partial charge < -0.3 is 10.2 Å². The van der Waals surface area contributed by atoms with Crippen LogP contribution in [0.25, 0.3) is 0 Å². The number of anilines is 2. The standard InChI is InChI=1S/C19H26N2O/c22-19(15-16-9-3-1-4-10-16)20-17-11-5-6-12-18(17)21-13-7-2-8-14-21/h5-6,11-12,15H,1-4,7-10,13-14H2,(H,20,22). The maximum Gasteiger partial charge on any atom is 0.248 e. The molecule has 0 aromatic heterocycles. The third-order valence-corrected chi connectivity index (χ3v) is 4.69. The molecular weight excluding hydrogens is 272 g/mol. The fourth-order valence-electron chi connectivity index (χ4n) is 3.49. The van der Waals surface area contributed by atoms with Gasteiger partial charge in [-0.15, -0.1) is 0 Å².